The monoisotopic (exact) mass is 244 g/mol. The number of aryl methyl sites for hydroxylation is 2. The fourth-order valence-corrected chi connectivity index (χ4v) is 1.97. The minimum atomic E-state index is 0.679. The molecule has 3 heteroatoms. The molecule has 0 atom stereocenters. The van der Waals surface area contributed by atoms with Gasteiger partial charge in [-0.2, -0.15) is 0 Å². The lowest BCUT2D eigenvalue weighted by molar-refractivity contribution is 0.439. The van der Waals surface area contributed by atoms with E-state index in [1.54, 1.807) is 6.20 Å². The highest BCUT2D eigenvalue weighted by Crippen LogP contribution is 2.09. The van der Waals surface area contributed by atoms with Crippen molar-refractivity contribution in [1.29, 1.82) is 0 Å². The third kappa shape index (κ3) is 3.20. The van der Waals surface area contributed by atoms with Gasteiger partial charge in [-0.25, -0.2) is 4.98 Å². The first kappa shape index (κ1) is 12.8. The van der Waals surface area contributed by atoms with Crippen LogP contribution in [0.25, 0.3) is 0 Å². The molecule has 1 aromatic heterocycles. The number of nitrogens with one attached hydrogen (secondary N) is 1. The molecule has 3 nitrogen and oxygen atoms in total. The van der Waals surface area contributed by atoms with Crippen molar-refractivity contribution >= 4 is 0 Å². The maximum absolute atomic E-state index is 5.55. The standard InChI is InChI=1S/C15H20N2O/c1-3-12-7-5-6-8-13(12)9-16-11-15-17-10-14(4-2)18-15/h5-8,10,16H,3-4,9,11H2,1-2H3. The number of benzene rings is 1. The van der Waals surface area contributed by atoms with Crippen molar-refractivity contribution in [1.82, 2.24) is 10.3 Å². The molecule has 1 heterocycles. The van der Waals surface area contributed by atoms with Crippen LogP contribution in [0.4, 0.5) is 0 Å². The van der Waals surface area contributed by atoms with E-state index in [-0.39, 0.29) is 0 Å². The van der Waals surface area contributed by atoms with E-state index in [0.29, 0.717) is 6.54 Å². The Balaban J connectivity index is 1.88. The summed E-state index contributed by atoms with van der Waals surface area (Å²) in [5, 5.41) is 3.37. The Bertz CT molecular complexity index is 491. The van der Waals surface area contributed by atoms with Crippen LogP contribution in [0.2, 0.25) is 0 Å². The molecule has 0 aliphatic heterocycles. The van der Waals surface area contributed by atoms with Gasteiger partial charge in [0, 0.05) is 13.0 Å². The number of oxazole rings is 1. The molecule has 2 aromatic rings. The van der Waals surface area contributed by atoms with Gasteiger partial charge in [0.15, 0.2) is 0 Å². The van der Waals surface area contributed by atoms with Gasteiger partial charge in [-0.15, -0.1) is 0 Å². The van der Waals surface area contributed by atoms with Crippen molar-refractivity contribution < 1.29 is 4.42 Å². The van der Waals surface area contributed by atoms with Crippen LogP contribution in [0.15, 0.2) is 34.9 Å². The number of hydrogen-bond donors (Lipinski definition) is 1. The van der Waals surface area contributed by atoms with Crippen LogP contribution in [0.1, 0.15) is 36.6 Å². The Morgan fingerprint density at radius 3 is 2.50 bits per heavy atom. The van der Waals surface area contributed by atoms with Crippen LogP contribution in [0.5, 0.6) is 0 Å². The van der Waals surface area contributed by atoms with Gasteiger partial charge in [0.2, 0.25) is 5.89 Å². The molecule has 0 aliphatic rings. The second-order valence-electron chi connectivity index (χ2n) is 4.30. The van der Waals surface area contributed by atoms with E-state index in [4.69, 9.17) is 4.42 Å². The van der Waals surface area contributed by atoms with Crippen LogP contribution >= 0.6 is 0 Å². The highest BCUT2D eigenvalue weighted by molar-refractivity contribution is 5.26. The maximum atomic E-state index is 5.55. The molecule has 0 radical (unpaired) electrons. The van der Waals surface area contributed by atoms with Crippen LogP contribution < -0.4 is 5.32 Å². The molecule has 0 amide bonds. The Morgan fingerprint density at radius 1 is 1.06 bits per heavy atom. The topological polar surface area (TPSA) is 38.1 Å². The number of hydrogen-bond acceptors (Lipinski definition) is 3. The quantitative estimate of drug-likeness (QED) is 0.848. The highest BCUT2D eigenvalue weighted by atomic mass is 16.4. The van der Waals surface area contributed by atoms with Crippen LogP contribution in [0, 0.1) is 0 Å². The zero-order valence-corrected chi connectivity index (χ0v) is 11.1. The van der Waals surface area contributed by atoms with Crippen LogP contribution in [-0.2, 0) is 25.9 Å². The van der Waals surface area contributed by atoms with Gasteiger partial charge in [-0.3, -0.25) is 0 Å². The molecule has 0 aliphatic carbocycles. The predicted octanol–water partition coefficient (Wildman–Crippen LogP) is 3.09. The van der Waals surface area contributed by atoms with E-state index < -0.39 is 0 Å². The molecule has 0 saturated heterocycles. The largest absolute Gasteiger partial charge is 0.444 e. The molecule has 96 valence electrons. The van der Waals surface area contributed by atoms with Crippen molar-refractivity contribution in [2.75, 3.05) is 0 Å². The van der Waals surface area contributed by atoms with Gasteiger partial charge in [0.25, 0.3) is 0 Å². The summed E-state index contributed by atoms with van der Waals surface area (Å²) in [4.78, 5) is 4.23. The molecule has 0 saturated carbocycles. The third-order valence-corrected chi connectivity index (χ3v) is 3.04. The minimum absolute atomic E-state index is 0.679. The lowest BCUT2D eigenvalue weighted by Crippen LogP contribution is -2.14. The molecule has 0 spiro atoms. The molecule has 1 N–H and O–H groups in total. The van der Waals surface area contributed by atoms with Gasteiger partial charge < -0.3 is 9.73 Å². The van der Waals surface area contributed by atoms with Gasteiger partial charge >= 0.3 is 0 Å². The summed E-state index contributed by atoms with van der Waals surface area (Å²) >= 11 is 0. The summed E-state index contributed by atoms with van der Waals surface area (Å²) in [5.41, 5.74) is 2.74. The molecule has 1 aromatic carbocycles. The maximum Gasteiger partial charge on any atom is 0.208 e. The third-order valence-electron chi connectivity index (χ3n) is 3.04. The summed E-state index contributed by atoms with van der Waals surface area (Å²) in [6.45, 7) is 5.78. The van der Waals surface area contributed by atoms with Crippen molar-refractivity contribution in [2.24, 2.45) is 0 Å². The van der Waals surface area contributed by atoms with Gasteiger partial charge in [-0.05, 0) is 17.5 Å². The Kier molecular flexibility index (Phi) is 4.53. The SMILES string of the molecule is CCc1cnc(CNCc2ccccc2CC)o1. The fraction of sp³-hybridized carbons (Fsp3) is 0.400. The van der Waals surface area contributed by atoms with Gasteiger partial charge in [-0.1, -0.05) is 38.1 Å². The Hall–Kier alpha value is -1.61. The Labute approximate surface area is 108 Å². The summed E-state index contributed by atoms with van der Waals surface area (Å²) < 4.78 is 5.55. The fourth-order valence-electron chi connectivity index (χ4n) is 1.97. The molecule has 0 unspecified atom stereocenters. The molecule has 0 bridgehead atoms. The molecular formula is C15H20N2O. The average Bonchev–Trinajstić information content (AvgIpc) is 2.87. The summed E-state index contributed by atoms with van der Waals surface area (Å²) in [7, 11) is 0. The minimum Gasteiger partial charge on any atom is -0.444 e. The second kappa shape index (κ2) is 6.36. The molecule has 2 rings (SSSR count). The van der Waals surface area contributed by atoms with E-state index in [1.165, 1.54) is 11.1 Å². The van der Waals surface area contributed by atoms with E-state index in [2.05, 4.69) is 48.4 Å². The lowest BCUT2D eigenvalue weighted by atomic mass is 10.1. The van der Waals surface area contributed by atoms with E-state index in [1.807, 2.05) is 0 Å². The van der Waals surface area contributed by atoms with E-state index in [9.17, 15) is 0 Å². The van der Waals surface area contributed by atoms with Crippen molar-refractivity contribution in [2.45, 2.75) is 39.8 Å². The molecule has 0 fully saturated rings. The second-order valence-corrected chi connectivity index (χ2v) is 4.30. The number of aromatic nitrogens is 1. The smallest absolute Gasteiger partial charge is 0.208 e. The lowest BCUT2D eigenvalue weighted by Gasteiger charge is -2.07. The number of rotatable bonds is 6. The molecular weight excluding hydrogens is 224 g/mol. The first-order valence-corrected chi connectivity index (χ1v) is 6.54. The zero-order chi connectivity index (χ0) is 12.8. The molecule has 18 heavy (non-hydrogen) atoms. The van der Waals surface area contributed by atoms with Crippen molar-refractivity contribution in [3.05, 3.63) is 53.2 Å². The zero-order valence-electron chi connectivity index (χ0n) is 11.1. The number of nitrogens with zero attached hydrogens (tertiary/aromatic N) is 1. The summed E-state index contributed by atoms with van der Waals surface area (Å²) in [6, 6.07) is 8.51. The van der Waals surface area contributed by atoms with Crippen LogP contribution in [0.3, 0.4) is 0 Å². The highest BCUT2D eigenvalue weighted by Gasteiger charge is 2.03. The first-order valence-electron chi connectivity index (χ1n) is 6.54. The summed E-state index contributed by atoms with van der Waals surface area (Å²) in [6.07, 6.45) is 3.76. The van der Waals surface area contributed by atoms with E-state index in [0.717, 1.165) is 31.0 Å². The first-order chi connectivity index (χ1) is 8.83. The van der Waals surface area contributed by atoms with Crippen molar-refractivity contribution in [3.8, 4) is 0 Å². The van der Waals surface area contributed by atoms with E-state index >= 15 is 0 Å². The average molecular weight is 244 g/mol. The Morgan fingerprint density at radius 2 is 1.83 bits per heavy atom. The van der Waals surface area contributed by atoms with Crippen molar-refractivity contribution in [3.63, 3.8) is 0 Å². The van der Waals surface area contributed by atoms with Crippen LogP contribution in [-0.4, -0.2) is 4.98 Å². The normalized spacial score (nSPS) is 10.8. The summed E-state index contributed by atoms with van der Waals surface area (Å²) in [5.74, 6) is 1.71. The van der Waals surface area contributed by atoms with Gasteiger partial charge in [0.1, 0.15) is 5.76 Å². The van der Waals surface area contributed by atoms with Gasteiger partial charge in [0.05, 0.1) is 12.7 Å². The predicted molar refractivity (Wildman–Crippen MR) is 72.2 cm³/mol.